The number of hydrogen-bond acceptors (Lipinski definition) is 2. The first-order chi connectivity index (χ1) is 7.95. The molecule has 0 aliphatic carbocycles. The Labute approximate surface area is 95.7 Å². The van der Waals surface area contributed by atoms with E-state index in [0.717, 1.165) is 12.1 Å². The average Bonchev–Trinajstić information content (AvgIpc) is 2.39. The molecule has 1 aliphatic rings. The number of nitrogens with zero attached hydrogens (tertiary/aromatic N) is 1. The quantitative estimate of drug-likeness (QED) is 0.786. The van der Waals surface area contributed by atoms with Crippen LogP contribution in [0.25, 0.3) is 10.9 Å². The van der Waals surface area contributed by atoms with Gasteiger partial charge in [0.1, 0.15) is 0 Å². The summed E-state index contributed by atoms with van der Waals surface area (Å²) >= 11 is 0. The fourth-order valence-corrected chi connectivity index (χ4v) is 2.53. The van der Waals surface area contributed by atoms with Crippen molar-refractivity contribution in [3.8, 4) is 0 Å². The first-order valence-corrected chi connectivity index (χ1v) is 6.02. The Bertz CT molecular complexity index is 482. The summed E-state index contributed by atoms with van der Waals surface area (Å²) < 4.78 is 0. The lowest BCUT2D eigenvalue weighted by atomic mass is 9.95. The molecule has 1 aromatic heterocycles. The van der Waals surface area contributed by atoms with Crippen molar-refractivity contribution in [3.05, 3.63) is 42.1 Å². The highest BCUT2D eigenvalue weighted by molar-refractivity contribution is 5.82. The third-order valence-electron chi connectivity index (χ3n) is 3.35. The van der Waals surface area contributed by atoms with E-state index < -0.39 is 0 Å². The van der Waals surface area contributed by atoms with Crippen molar-refractivity contribution in [1.82, 2.24) is 10.3 Å². The molecule has 2 heterocycles. The number of pyridine rings is 1. The molecule has 0 radical (unpaired) electrons. The van der Waals surface area contributed by atoms with E-state index in [4.69, 9.17) is 0 Å². The second kappa shape index (κ2) is 4.22. The van der Waals surface area contributed by atoms with Gasteiger partial charge in [0, 0.05) is 17.6 Å². The molecule has 0 bridgehead atoms. The lowest BCUT2D eigenvalue weighted by Gasteiger charge is -2.24. The maximum Gasteiger partial charge on any atom is 0.0749 e. The van der Waals surface area contributed by atoms with Crippen LogP contribution in [0.5, 0.6) is 0 Å². The molecule has 2 heteroatoms. The van der Waals surface area contributed by atoms with Gasteiger partial charge < -0.3 is 5.32 Å². The monoisotopic (exact) mass is 212 g/mol. The van der Waals surface area contributed by atoms with Gasteiger partial charge in [-0.2, -0.15) is 0 Å². The molecule has 1 N–H and O–H groups in total. The van der Waals surface area contributed by atoms with Crippen molar-refractivity contribution in [2.45, 2.75) is 25.3 Å². The molecule has 16 heavy (non-hydrogen) atoms. The van der Waals surface area contributed by atoms with Crippen LogP contribution < -0.4 is 5.32 Å². The van der Waals surface area contributed by atoms with E-state index in [0.29, 0.717) is 6.04 Å². The molecule has 3 rings (SSSR count). The van der Waals surface area contributed by atoms with Crippen LogP contribution in [-0.4, -0.2) is 11.5 Å². The molecule has 1 aliphatic heterocycles. The van der Waals surface area contributed by atoms with Gasteiger partial charge in [-0.25, -0.2) is 0 Å². The number of aromatic nitrogens is 1. The van der Waals surface area contributed by atoms with Crippen LogP contribution in [0.4, 0.5) is 0 Å². The standard InChI is InChI=1S/C14H16N2/c1-2-9-15-13(8-1)12-7-3-5-11-6-4-10-16-14(11)12/h3-7,10,13,15H,1-2,8-9H2/t13-/m1/s1. The lowest BCUT2D eigenvalue weighted by Crippen LogP contribution is -2.26. The minimum atomic E-state index is 0.493. The van der Waals surface area contributed by atoms with Gasteiger partial charge in [0.2, 0.25) is 0 Å². The van der Waals surface area contributed by atoms with Gasteiger partial charge in [0.15, 0.2) is 0 Å². The predicted octanol–water partition coefficient (Wildman–Crippen LogP) is 3.05. The van der Waals surface area contributed by atoms with Crippen molar-refractivity contribution in [3.63, 3.8) is 0 Å². The number of rotatable bonds is 1. The Balaban J connectivity index is 2.08. The van der Waals surface area contributed by atoms with Crippen LogP contribution >= 0.6 is 0 Å². The Morgan fingerprint density at radius 1 is 1.12 bits per heavy atom. The molecule has 1 fully saturated rings. The SMILES string of the molecule is c1cnc2c([C@H]3CCCCN3)cccc2c1. The maximum atomic E-state index is 4.52. The minimum Gasteiger partial charge on any atom is -0.310 e. The van der Waals surface area contributed by atoms with Crippen molar-refractivity contribution >= 4 is 10.9 Å². The van der Waals surface area contributed by atoms with E-state index in [1.165, 1.54) is 30.2 Å². The van der Waals surface area contributed by atoms with Crippen LogP contribution in [0.2, 0.25) is 0 Å². The Morgan fingerprint density at radius 2 is 2.06 bits per heavy atom. The number of nitrogens with one attached hydrogen (secondary N) is 1. The smallest absolute Gasteiger partial charge is 0.0749 e. The first-order valence-electron chi connectivity index (χ1n) is 6.02. The number of hydrogen-bond donors (Lipinski definition) is 1. The molecule has 0 saturated carbocycles. The van der Waals surface area contributed by atoms with Gasteiger partial charge in [0.05, 0.1) is 5.52 Å². The molecule has 2 aromatic rings. The molecule has 82 valence electrons. The summed E-state index contributed by atoms with van der Waals surface area (Å²) in [5.74, 6) is 0. The van der Waals surface area contributed by atoms with E-state index in [-0.39, 0.29) is 0 Å². The highest BCUT2D eigenvalue weighted by atomic mass is 14.9. The van der Waals surface area contributed by atoms with Crippen LogP contribution in [0.3, 0.4) is 0 Å². The molecule has 0 amide bonds. The van der Waals surface area contributed by atoms with E-state index in [9.17, 15) is 0 Å². The largest absolute Gasteiger partial charge is 0.310 e. The van der Waals surface area contributed by atoms with Crippen molar-refractivity contribution < 1.29 is 0 Å². The molecule has 1 saturated heterocycles. The molecule has 2 nitrogen and oxygen atoms in total. The van der Waals surface area contributed by atoms with E-state index >= 15 is 0 Å². The minimum absolute atomic E-state index is 0.493. The summed E-state index contributed by atoms with van der Waals surface area (Å²) in [6.07, 6.45) is 5.74. The van der Waals surface area contributed by atoms with Gasteiger partial charge in [-0.15, -0.1) is 0 Å². The maximum absolute atomic E-state index is 4.52. The normalized spacial score (nSPS) is 21.1. The Kier molecular flexibility index (Phi) is 2.58. The van der Waals surface area contributed by atoms with Gasteiger partial charge in [-0.05, 0) is 31.0 Å². The van der Waals surface area contributed by atoms with Gasteiger partial charge >= 0.3 is 0 Å². The van der Waals surface area contributed by atoms with Crippen molar-refractivity contribution in [1.29, 1.82) is 0 Å². The highest BCUT2D eigenvalue weighted by Gasteiger charge is 2.16. The number of fused-ring (bicyclic) bond motifs is 1. The van der Waals surface area contributed by atoms with E-state index in [1.807, 2.05) is 12.3 Å². The first kappa shape index (κ1) is 9.79. The summed E-state index contributed by atoms with van der Waals surface area (Å²) in [5, 5.41) is 4.83. The molecule has 0 unspecified atom stereocenters. The zero-order valence-electron chi connectivity index (χ0n) is 9.32. The summed E-state index contributed by atoms with van der Waals surface area (Å²) in [6.45, 7) is 1.13. The average molecular weight is 212 g/mol. The number of piperidine rings is 1. The predicted molar refractivity (Wildman–Crippen MR) is 66.3 cm³/mol. The molecule has 1 atom stereocenters. The number of benzene rings is 1. The van der Waals surface area contributed by atoms with Gasteiger partial charge in [0.25, 0.3) is 0 Å². The third kappa shape index (κ3) is 1.69. The van der Waals surface area contributed by atoms with Crippen LogP contribution in [0.15, 0.2) is 36.5 Å². The molecular formula is C14H16N2. The lowest BCUT2D eigenvalue weighted by molar-refractivity contribution is 0.414. The molecule has 0 spiro atoms. The second-order valence-corrected chi connectivity index (χ2v) is 4.42. The van der Waals surface area contributed by atoms with Crippen LogP contribution in [0.1, 0.15) is 30.9 Å². The van der Waals surface area contributed by atoms with Crippen molar-refractivity contribution in [2.75, 3.05) is 6.54 Å². The molecular weight excluding hydrogens is 196 g/mol. The number of para-hydroxylation sites is 1. The van der Waals surface area contributed by atoms with Crippen LogP contribution in [0, 0.1) is 0 Å². The fraction of sp³-hybridized carbons (Fsp3) is 0.357. The van der Waals surface area contributed by atoms with Crippen molar-refractivity contribution in [2.24, 2.45) is 0 Å². The topological polar surface area (TPSA) is 24.9 Å². The molecule has 1 aromatic carbocycles. The van der Waals surface area contributed by atoms with Gasteiger partial charge in [-0.3, -0.25) is 4.98 Å². The summed E-state index contributed by atoms with van der Waals surface area (Å²) in [7, 11) is 0. The zero-order valence-corrected chi connectivity index (χ0v) is 9.32. The Morgan fingerprint density at radius 3 is 2.94 bits per heavy atom. The van der Waals surface area contributed by atoms with E-state index in [1.54, 1.807) is 0 Å². The zero-order chi connectivity index (χ0) is 10.8. The second-order valence-electron chi connectivity index (χ2n) is 4.42. The van der Waals surface area contributed by atoms with Gasteiger partial charge in [-0.1, -0.05) is 30.7 Å². The summed E-state index contributed by atoms with van der Waals surface area (Å²) in [5.41, 5.74) is 2.52. The fourth-order valence-electron chi connectivity index (χ4n) is 2.53. The third-order valence-corrected chi connectivity index (χ3v) is 3.35. The summed E-state index contributed by atoms with van der Waals surface area (Å²) in [4.78, 5) is 4.52. The summed E-state index contributed by atoms with van der Waals surface area (Å²) in [6, 6.07) is 11.1. The highest BCUT2D eigenvalue weighted by Crippen LogP contribution is 2.27. The Hall–Kier alpha value is -1.41. The van der Waals surface area contributed by atoms with Crippen LogP contribution in [-0.2, 0) is 0 Å². The van der Waals surface area contributed by atoms with E-state index in [2.05, 4.69) is 34.6 Å².